The Morgan fingerprint density at radius 2 is 2.10 bits per heavy atom. The zero-order valence-corrected chi connectivity index (χ0v) is 6.77. The second-order valence-corrected chi connectivity index (χ2v) is 4.88. The minimum absolute atomic E-state index is 0.410. The van der Waals surface area contributed by atoms with Crippen molar-refractivity contribution in [3.8, 4) is 0 Å². The molecular weight excluding hydrogens is 147 g/mol. The first-order valence-corrected chi connectivity index (χ1v) is 5.30. The zero-order valence-electron chi connectivity index (χ0n) is 5.96. The first kappa shape index (κ1) is 5.87. The van der Waals surface area contributed by atoms with Gasteiger partial charge in [0, 0.05) is 11.2 Å². The highest BCUT2D eigenvalue weighted by Gasteiger charge is 2.73. The van der Waals surface area contributed by atoms with Crippen molar-refractivity contribution < 1.29 is 4.39 Å². The van der Waals surface area contributed by atoms with Crippen molar-refractivity contribution in [2.75, 3.05) is 6.26 Å². The summed E-state index contributed by atoms with van der Waals surface area (Å²) >= 11 is 1.90. The van der Waals surface area contributed by atoms with Crippen LogP contribution in [0.4, 0.5) is 4.39 Å². The highest BCUT2D eigenvalue weighted by Crippen LogP contribution is 2.73. The smallest absolute Gasteiger partial charge is 0.107 e. The molecule has 0 radical (unpaired) electrons. The lowest BCUT2D eigenvalue weighted by Crippen LogP contribution is -2.13. The van der Waals surface area contributed by atoms with Gasteiger partial charge in [-0.25, -0.2) is 4.39 Å². The molecule has 0 aromatic carbocycles. The van der Waals surface area contributed by atoms with Crippen LogP contribution in [0.1, 0.15) is 6.42 Å². The van der Waals surface area contributed by atoms with Gasteiger partial charge in [-0.15, -0.1) is 0 Å². The number of rotatable bonds is 1. The van der Waals surface area contributed by atoms with E-state index in [4.69, 9.17) is 0 Å². The Kier molecular flexibility index (Phi) is 0.908. The van der Waals surface area contributed by atoms with Gasteiger partial charge in [0.05, 0.1) is 0 Å². The Hall–Kier alpha value is 0.280. The number of thioether (sulfide) groups is 1. The molecule has 4 saturated carbocycles. The van der Waals surface area contributed by atoms with Crippen LogP contribution in [0.5, 0.6) is 0 Å². The summed E-state index contributed by atoms with van der Waals surface area (Å²) < 4.78 is 13.2. The molecule has 0 spiro atoms. The summed E-state index contributed by atoms with van der Waals surface area (Å²) in [7, 11) is 0. The SMILES string of the molecule is CS[C@@H]1C2C3[C@H]2C[C@H]1[C@@H]3F. The van der Waals surface area contributed by atoms with Crippen LogP contribution in [0.15, 0.2) is 0 Å². The topological polar surface area (TPSA) is 0 Å². The normalized spacial score (nSPS) is 69.0. The van der Waals surface area contributed by atoms with Gasteiger partial charge in [-0.05, 0) is 30.4 Å². The molecule has 0 aromatic heterocycles. The van der Waals surface area contributed by atoms with Gasteiger partial charge in [0.15, 0.2) is 0 Å². The van der Waals surface area contributed by atoms with Crippen molar-refractivity contribution in [3.63, 3.8) is 0 Å². The molecule has 0 heterocycles. The van der Waals surface area contributed by atoms with Crippen molar-refractivity contribution in [1.29, 1.82) is 0 Å². The minimum Gasteiger partial charge on any atom is -0.247 e. The summed E-state index contributed by atoms with van der Waals surface area (Å²) in [6.07, 6.45) is 2.93. The lowest BCUT2D eigenvalue weighted by molar-refractivity contribution is 0.273. The second kappa shape index (κ2) is 1.55. The maximum atomic E-state index is 13.2. The quantitative estimate of drug-likeness (QED) is 0.562. The average molecular weight is 158 g/mol. The predicted molar refractivity (Wildman–Crippen MR) is 40.8 cm³/mol. The summed E-state index contributed by atoms with van der Waals surface area (Å²) in [5.74, 6) is 2.59. The van der Waals surface area contributed by atoms with Gasteiger partial charge in [-0.3, -0.25) is 0 Å². The molecule has 0 N–H and O–H groups in total. The summed E-state index contributed by atoms with van der Waals surface area (Å²) in [5, 5.41) is 0.699. The van der Waals surface area contributed by atoms with Gasteiger partial charge in [0.1, 0.15) is 6.17 Å². The molecular formula is C8H11FS. The van der Waals surface area contributed by atoms with Crippen LogP contribution in [0, 0.1) is 23.7 Å². The minimum atomic E-state index is -0.410. The van der Waals surface area contributed by atoms with E-state index in [0.29, 0.717) is 17.1 Å². The van der Waals surface area contributed by atoms with Crippen LogP contribution < -0.4 is 0 Å². The second-order valence-electron chi connectivity index (χ2n) is 3.86. The first-order valence-electron chi connectivity index (χ1n) is 4.01. The van der Waals surface area contributed by atoms with Crippen LogP contribution >= 0.6 is 11.8 Å². The Balaban J connectivity index is 1.95. The molecule has 4 rings (SSSR count). The van der Waals surface area contributed by atoms with E-state index in [0.717, 1.165) is 11.8 Å². The van der Waals surface area contributed by atoms with Gasteiger partial charge in [0.25, 0.3) is 0 Å². The van der Waals surface area contributed by atoms with Crippen LogP contribution in [-0.2, 0) is 0 Å². The molecule has 0 saturated heterocycles. The van der Waals surface area contributed by atoms with Crippen molar-refractivity contribution in [2.45, 2.75) is 17.8 Å². The molecule has 6 atom stereocenters. The molecule has 4 aliphatic rings. The van der Waals surface area contributed by atoms with E-state index < -0.39 is 6.17 Å². The molecule has 10 heavy (non-hydrogen) atoms. The molecule has 2 unspecified atom stereocenters. The van der Waals surface area contributed by atoms with Crippen LogP contribution in [0.2, 0.25) is 0 Å². The third kappa shape index (κ3) is 0.421. The number of hydrogen-bond acceptors (Lipinski definition) is 1. The molecule has 2 heteroatoms. The summed E-state index contributed by atoms with van der Waals surface area (Å²) in [6.45, 7) is 0. The molecule has 56 valence electrons. The van der Waals surface area contributed by atoms with Crippen molar-refractivity contribution in [2.24, 2.45) is 23.7 Å². The van der Waals surface area contributed by atoms with Gasteiger partial charge < -0.3 is 0 Å². The van der Waals surface area contributed by atoms with E-state index >= 15 is 0 Å². The summed E-state index contributed by atoms with van der Waals surface area (Å²) in [6, 6.07) is 0. The van der Waals surface area contributed by atoms with E-state index in [9.17, 15) is 4.39 Å². The Morgan fingerprint density at radius 1 is 1.30 bits per heavy atom. The average Bonchev–Trinajstić information content (AvgIpc) is 2.29. The van der Waals surface area contributed by atoms with Crippen LogP contribution in [0.3, 0.4) is 0 Å². The molecule has 4 fully saturated rings. The van der Waals surface area contributed by atoms with Gasteiger partial charge in [-0.2, -0.15) is 11.8 Å². The molecule has 4 aliphatic carbocycles. The van der Waals surface area contributed by atoms with Crippen molar-refractivity contribution in [1.82, 2.24) is 0 Å². The Morgan fingerprint density at radius 3 is 2.30 bits per heavy atom. The van der Waals surface area contributed by atoms with E-state index in [1.807, 2.05) is 11.8 Å². The van der Waals surface area contributed by atoms with Gasteiger partial charge in [-0.1, -0.05) is 0 Å². The molecule has 0 aliphatic heterocycles. The fourth-order valence-corrected chi connectivity index (χ4v) is 4.62. The fraction of sp³-hybridized carbons (Fsp3) is 1.00. The standard InChI is InChI=1S/C8H11FS/c1-10-8-4-2-3-5(6(3)8)7(4)9/h3-8H,2H2,1H3/t3-,4+,5?,6?,7+,8+/m1/s1. The third-order valence-electron chi connectivity index (χ3n) is 3.69. The Labute approximate surface area is 64.6 Å². The number of halogens is 1. The number of hydrogen-bond donors (Lipinski definition) is 0. The first-order chi connectivity index (χ1) is 4.84. The third-order valence-corrected chi connectivity index (χ3v) is 4.90. The van der Waals surface area contributed by atoms with Crippen molar-refractivity contribution in [3.05, 3.63) is 0 Å². The molecule has 0 amide bonds. The van der Waals surface area contributed by atoms with Crippen LogP contribution in [0.25, 0.3) is 0 Å². The highest BCUT2D eigenvalue weighted by atomic mass is 32.2. The largest absolute Gasteiger partial charge is 0.247 e. The molecule has 4 bridgehead atoms. The van der Waals surface area contributed by atoms with Gasteiger partial charge >= 0.3 is 0 Å². The monoisotopic (exact) mass is 158 g/mol. The maximum absolute atomic E-state index is 13.2. The lowest BCUT2D eigenvalue weighted by atomic mass is 10.1. The molecule has 0 aromatic rings. The number of alkyl halides is 1. The van der Waals surface area contributed by atoms with E-state index in [1.54, 1.807) is 0 Å². The Bertz CT molecular complexity index is 182. The summed E-state index contributed by atoms with van der Waals surface area (Å²) in [5.41, 5.74) is 0. The maximum Gasteiger partial charge on any atom is 0.107 e. The zero-order chi connectivity index (χ0) is 6.88. The fourth-order valence-electron chi connectivity index (χ4n) is 3.32. The van der Waals surface area contributed by atoms with E-state index in [-0.39, 0.29) is 0 Å². The van der Waals surface area contributed by atoms with Gasteiger partial charge in [0.2, 0.25) is 0 Å². The lowest BCUT2D eigenvalue weighted by Gasteiger charge is -2.11. The molecule has 0 nitrogen and oxygen atoms in total. The highest BCUT2D eigenvalue weighted by molar-refractivity contribution is 7.99. The predicted octanol–water partition coefficient (Wildman–Crippen LogP) is 1.95. The van der Waals surface area contributed by atoms with Crippen molar-refractivity contribution >= 4 is 11.8 Å². The van der Waals surface area contributed by atoms with Crippen LogP contribution in [-0.4, -0.2) is 17.7 Å². The summed E-state index contributed by atoms with van der Waals surface area (Å²) in [4.78, 5) is 0. The van der Waals surface area contributed by atoms with E-state index in [2.05, 4.69) is 6.26 Å². The van der Waals surface area contributed by atoms with E-state index in [1.165, 1.54) is 6.42 Å².